The van der Waals surface area contributed by atoms with Crippen molar-refractivity contribution >= 4 is 21.8 Å². The molecule has 0 radical (unpaired) electrons. The molecule has 2 rings (SSSR count). The highest BCUT2D eigenvalue weighted by Crippen LogP contribution is 2.21. The van der Waals surface area contributed by atoms with Crippen LogP contribution in [0.3, 0.4) is 0 Å². The van der Waals surface area contributed by atoms with Gasteiger partial charge in [-0.25, -0.2) is 18.2 Å². The standard InChI is InChI=1S/C14H14N2O4S/c1-9-6-7-13(15-8-9)16-21(19,20)12-5-3-4-11(10(12)2)14(17)18/h3-8H,1-2H3,(H,15,16)(H,17,18). The molecule has 0 amide bonds. The number of nitrogens with one attached hydrogen (secondary N) is 1. The van der Waals surface area contributed by atoms with Gasteiger partial charge in [-0.15, -0.1) is 0 Å². The number of carboxylic acid groups (broad SMARTS) is 1. The summed E-state index contributed by atoms with van der Waals surface area (Å²) in [7, 11) is -3.89. The van der Waals surface area contributed by atoms with E-state index in [4.69, 9.17) is 5.11 Å². The third kappa shape index (κ3) is 3.19. The lowest BCUT2D eigenvalue weighted by Crippen LogP contribution is -2.16. The first-order valence-electron chi connectivity index (χ1n) is 6.09. The number of aryl methyl sites for hydroxylation is 1. The van der Waals surface area contributed by atoms with Crippen LogP contribution in [0.25, 0.3) is 0 Å². The molecule has 110 valence electrons. The van der Waals surface area contributed by atoms with E-state index in [0.29, 0.717) is 0 Å². The van der Waals surface area contributed by atoms with Gasteiger partial charge in [0.05, 0.1) is 10.5 Å². The Morgan fingerprint density at radius 1 is 1.19 bits per heavy atom. The van der Waals surface area contributed by atoms with Crippen molar-refractivity contribution < 1.29 is 18.3 Å². The number of aromatic nitrogens is 1. The molecule has 0 saturated carbocycles. The van der Waals surface area contributed by atoms with Crippen LogP contribution in [-0.2, 0) is 10.0 Å². The zero-order valence-electron chi connectivity index (χ0n) is 11.5. The highest BCUT2D eigenvalue weighted by Gasteiger charge is 2.21. The molecule has 2 N–H and O–H groups in total. The smallest absolute Gasteiger partial charge is 0.335 e. The van der Waals surface area contributed by atoms with E-state index in [-0.39, 0.29) is 21.8 Å². The third-order valence-electron chi connectivity index (χ3n) is 2.95. The first-order chi connectivity index (χ1) is 9.81. The number of hydrogen-bond acceptors (Lipinski definition) is 4. The summed E-state index contributed by atoms with van der Waals surface area (Å²) < 4.78 is 27.0. The Bertz CT molecular complexity index is 783. The number of benzene rings is 1. The van der Waals surface area contributed by atoms with Gasteiger partial charge in [0, 0.05) is 6.20 Å². The van der Waals surface area contributed by atoms with Gasteiger partial charge in [-0.1, -0.05) is 12.1 Å². The molecular formula is C14H14N2O4S. The number of anilines is 1. The molecule has 1 heterocycles. The summed E-state index contributed by atoms with van der Waals surface area (Å²) in [5.41, 5.74) is 1.04. The molecule has 0 fully saturated rings. The Kier molecular flexibility index (Phi) is 3.95. The maximum atomic E-state index is 12.3. The second kappa shape index (κ2) is 5.53. The molecule has 0 aliphatic carbocycles. The summed E-state index contributed by atoms with van der Waals surface area (Å²) >= 11 is 0. The van der Waals surface area contributed by atoms with Gasteiger partial charge in [-0.2, -0.15) is 0 Å². The van der Waals surface area contributed by atoms with Crippen molar-refractivity contribution in [2.45, 2.75) is 18.7 Å². The van der Waals surface area contributed by atoms with Crippen LogP contribution in [0.15, 0.2) is 41.4 Å². The summed E-state index contributed by atoms with van der Waals surface area (Å²) in [4.78, 5) is 15.0. The van der Waals surface area contributed by atoms with E-state index in [1.807, 2.05) is 6.92 Å². The van der Waals surface area contributed by atoms with Crippen molar-refractivity contribution in [1.29, 1.82) is 0 Å². The minimum atomic E-state index is -3.89. The Morgan fingerprint density at radius 3 is 2.48 bits per heavy atom. The fourth-order valence-corrected chi connectivity index (χ4v) is 3.13. The number of pyridine rings is 1. The SMILES string of the molecule is Cc1ccc(NS(=O)(=O)c2cccc(C(=O)O)c2C)nc1. The molecule has 2 aromatic rings. The van der Waals surface area contributed by atoms with Crippen molar-refractivity contribution in [1.82, 2.24) is 4.98 Å². The second-order valence-corrected chi connectivity index (χ2v) is 6.21. The van der Waals surface area contributed by atoms with Gasteiger partial charge >= 0.3 is 5.97 Å². The van der Waals surface area contributed by atoms with Crippen molar-refractivity contribution in [2.75, 3.05) is 4.72 Å². The summed E-state index contributed by atoms with van der Waals surface area (Å²) in [6.45, 7) is 3.30. The van der Waals surface area contributed by atoms with Gasteiger partial charge in [0.2, 0.25) is 0 Å². The zero-order chi connectivity index (χ0) is 15.6. The van der Waals surface area contributed by atoms with E-state index in [2.05, 4.69) is 9.71 Å². The molecule has 0 aliphatic heterocycles. The summed E-state index contributed by atoms with van der Waals surface area (Å²) in [6, 6.07) is 7.39. The van der Waals surface area contributed by atoms with Gasteiger partial charge in [0.15, 0.2) is 0 Å². The van der Waals surface area contributed by atoms with Crippen LogP contribution in [0, 0.1) is 13.8 Å². The zero-order valence-corrected chi connectivity index (χ0v) is 12.3. The van der Waals surface area contributed by atoms with Crippen LogP contribution in [0.5, 0.6) is 0 Å². The van der Waals surface area contributed by atoms with Gasteiger partial charge in [0.25, 0.3) is 10.0 Å². The van der Waals surface area contributed by atoms with E-state index in [0.717, 1.165) is 5.56 Å². The van der Waals surface area contributed by atoms with Crippen LogP contribution >= 0.6 is 0 Å². The number of sulfonamides is 1. The maximum absolute atomic E-state index is 12.3. The first kappa shape index (κ1) is 15.0. The molecule has 1 aromatic carbocycles. The molecule has 0 atom stereocenters. The molecular weight excluding hydrogens is 292 g/mol. The lowest BCUT2D eigenvalue weighted by atomic mass is 10.1. The average Bonchev–Trinajstić information content (AvgIpc) is 2.41. The van der Waals surface area contributed by atoms with Crippen LogP contribution in [0.4, 0.5) is 5.82 Å². The van der Waals surface area contributed by atoms with Crippen molar-refractivity contribution in [2.24, 2.45) is 0 Å². The third-order valence-corrected chi connectivity index (χ3v) is 4.45. The number of rotatable bonds is 4. The van der Waals surface area contributed by atoms with E-state index in [1.54, 1.807) is 18.3 Å². The van der Waals surface area contributed by atoms with E-state index in [9.17, 15) is 13.2 Å². The van der Waals surface area contributed by atoms with Gasteiger partial charge < -0.3 is 5.11 Å². The predicted octanol–water partition coefficient (Wildman–Crippen LogP) is 2.20. The van der Waals surface area contributed by atoms with Gasteiger partial charge in [-0.3, -0.25) is 4.72 Å². The number of nitrogens with zero attached hydrogens (tertiary/aromatic N) is 1. The number of aromatic carboxylic acids is 1. The number of carbonyl (C=O) groups is 1. The molecule has 0 bridgehead atoms. The fraction of sp³-hybridized carbons (Fsp3) is 0.143. The molecule has 0 saturated heterocycles. The summed E-state index contributed by atoms with van der Waals surface area (Å²) in [6.07, 6.45) is 1.54. The Labute approximate surface area is 122 Å². The quantitative estimate of drug-likeness (QED) is 0.902. The molecule has 0 aliphatic rings. The second-order valence-electron chi connectivity index (χ2n) is 4.56. The van der Waals surface area contributed by atoms with Crippen LogP contribution in [0.1, 0.15) is 21.5 Å². The van der Waals surface area contributed by atoms with Crippen LogP contribution < -0.4 is 4.72 Å². The van der Waals surface area contributed by atoms with Crippen LogP contribution in [0.2, 0.25) is 0 Å². The molecule has 7 heteroatoms. The Hall–Kier alpha value is -2.41. The van der Waals surface area contributed by atoms with Crippen molar-refractivity contribution in [3.63, 3.8) is 0 Å². The minimum absolute atomic E-state index is 0.0465. The van der Waals surface area contributed by atoms with Crippen molar-refractivity contribution in [3.8, 4) is 0 Å². The molecule has 1 aromatic heterocycles. The number of carboxylic acids is 1. The topological polar surface area (TPSA) is 96.4 Å². The lowest BCUT2D eigenvalue weighted by molar-refractivity contribution is 0.0696. The molecule has 0 spiro atoms. The highest BCUT2D eigenvalue weighted by atomic mass is 32.2. The van der Waals surface area contributed by atoms with Gasteiger partial charge in [0.1, 0.15) is 5.82 Å². The Balaban J connectivity index is 2.42. The Morgan fingerprint density at radius 2 is 1.90 bits per heavy atom. The summed E-state index contributed by atoms with van der Waals surface area (Å²) in [5, 5.41) is 9.05. The van der Waals surface area contributed by atoms with E-state index < -0.39 is 16.0 Å². The molecule has 6 nitrogen and oxygen atoms in total. The van der Waals surface area contributed by atoms with Crippen molar-refractivity contribution in [3.05, 3.63) is 53.2 Å². The van der Waals surface area contributed by atoms with Gasteiger partial charge in [-0.05, 0) is 43.2 Å². The first-order valence-corrected chi connectivity index (χ1v) is 7.58. The lowest BCUT2D eigenvalue weighted by Gasteiger charge is -2.11. The van der Waals surface area contributed by atoms with Crippen LogP contribution in [-0.4, -0.2) is 24.5 Å². The van der Waals surface area contributed by atoms with E-state index in [1.165, 1.54) is 25.1 Å². The summed E-state index contributed by atoms with van der Waals surface area (Å²) in [5.74, 6) is -0.987. The highest BCUT2D eigenvalue weighted by molar-refractivity contribution is 7.92. The molecule has 21 heavy (non-hydrogen) atoms. The maximum Gasteiger partial charge on any atom is 0.335 e. The monoisotopic (exact) mass is 306 g/mol. The predicted molar refractivity (Wildman–Crippen MR) is 77.9 cm³/mol. The average molecular weight is 306 g/mol. The fourth-order valence-electron chi connectivity index (χ4n) is 1.86. The normalized spacial score (nSPS) is 11.1. The van der Waals surface area contributed by atoms with E-state index >= 15 is 0 Å². The minimum Gasteiger partial charge on any atom is -0.478 e. The largest absolute Gasteiger partial charge is 0.478 e. The number of hydrogen-bond donors (Lipinski definition) is 2. The molecule has 0 unspecified atom stereocenters.